The second-order valence-corrected chi connectivity index (χ2v) is 8.56. The lowest BCUT2D eigenvalue weighted by molar-refractivity contribution is -0.301. The minimum absolute atomic E-state index is 0.0285. The third kappa shape index (κ3) is 5.02. The van der Waals surface area contributed by atoms with Crippen molar-refractivity contribution in [3.63, 3.8) is 0 Å². The highest BCUT2D eigenvalue weighted by Gasteiger charge is 2.75. The molecule has 1 aliphatic rings. The summed E-state index contributed by atoms with van der Waals surface area (Å²) in [5, 5.41) is 2.38. The molecule has 0 amide bonds. The van der Waals surface area contributed by atoms with Crippen molar-refractivity contribution in [1.29, 1.82) is 0 Å². The molecule has 9 nitrogen and oxygen atoms in total. The van der Waals surface area contributed by atoms with Gasteiger partial charge in [0, 0.05) is 24.5 Å². The lowest BCUT2D eigenvalue weighted by Gasteiger charge is -2.38. The first kappa shape index (κ1) is 28.7. The zero-order chi connectivity index (χ0) is 29.3. The van der Waals surface area contributed by atoms with E-state index in [-0.39, 0.29) is 12.0 Å². The van der Waals surface area contributed by atoms with Crippen LogP contribution in [0.1, 0.15) is 30.5 Å². The number of rotatable bonds is 8. The summed E-state index contributed by atoms with van der Waals surface area (Å²) in [4.78, 5) is 33.8. The average molecular weight is 571 g/mol. The Balaban J connectivity index is 1.89. The molecule has 2 aromatic heterocycles. The van der Waals surface area contributed by atoms with Crippen molar-refractivity contribution in [2.24, 2.45) is 4.99 Å². The number of aliphatic imine (C=N–C) groups is 1. The number of aromatic nitrogens is 3. The van der Waals surface area contributed by atoms with Gasteiger partial charge in [-0.1, -0.05) is 6.07 Å². The van der Waals surface area contributed by atoms with Crippen molar-refractivity contribution in [2.45, 2.75) is 44.7 Å². The third-order valence-electron chi connectivity index (χ3n) is 6.08. The number of ether oxygens (including phenoxy) is 2. The fourth-order valence-electron chi connectivity index (χ4n) is 4.32. The fraction of sp³-hybridized carbons (Fsp3) is 0.360. The molecule has 3 aromatic rings. The molecule has 0 saturated heterocycles. The molecule has 0 aliphatic carbocycles. The first-order chi connectivity index (χ1) is 18.8. The predicted molar refractivity (Wildman–Crippen MR) is 132 cm³/mol. The van der Waals surface area contributed by atoms with Crippen LogP contribution in [-0.2, 0) is 18.5 Å². The van der Waals surface area contributed by atoms with E-state index in [0.717, 1.165) is 24.5 Å². The van der Waals surface area contributed by atoms with Crippen LogP contribution in [0.5, 0.6) is 11.5 Å². The molecule has 0 fully saturated rings. The normalized spacial score (nSPS) is 14.7. The zero-order valence-corrected chi connectivity index (χ0v) is 21.1. The van der Waals surface area contributed by atoms with E-state index >= 15 is 0 Å². The Kier molecular flexibility index (Phi) is 7.67. The molecule has 1 aromatic carbocycles. The van der Waals surface area contributed by atoms with E-state index in [1.807, 2.05) is 0 Å². The second kappa shape index (κ2) is 10.7. The van der Waals surface area contributed by atoms with Crippen LogP contribution in [0.4, 0.5) is 32.2 Å². The molecular weight excluding hydrogens is 548 g/mol. The quantitative estimate of drug-likeness (QED) is 0.393. The summed E-state index contributed by atoms with van der Waals surface area (Å²) in [7, 11) is 0. The molecule has 0 unspecified atom stereocenters. The van der Waals surface area contributed by atoms with Crippen LogP contribution < -0.4 is 26.0 Å². The predicted octanol–water partition coefficient (Wildman–Crippen LogP) is 4.16. The van der Waals surface area contributed by atoms with Gasteiger partial charge < -0.3 is 14.8 Å². The number of aryl methyl sites for hydroxylation is 1. The largest absolute Gasteiger partial charge is 0.490 e. The van der Waals surface area contributed by atoms with E-state index in [9.17, 15) is 35.9 Å². The minimum Gasteiger partial charge on any atom is -0.490 e. The van der Waals surface area contributed by atoms with Crippen LogP contribution >= 0.6 is 0 Å². The van der Waals surface area contributed by atoms with E-state index in [2.05, 4.69) is 15.3 Å². The summed E-state index contributed by atoms with van der Waals surface area (Å²) >= 11 is 0. The number of fused-ring (bicyclic) bond motifs is 1. The van der Waals surface area contributed by atoms with Crippen LogP contribution in [-0.4, -0.2) is 45.9 Å². The molecule has 40 heavy (non-hydrogen) atoms. The van der Waals surface area contributed by atoms with E-state index in [4.69, 9.17) is 9.47 Å². The Labute approximate surface area is 222 Å². The van der Waals surface area contributed by atoms with Crippen LogP contribution in [0, 0.1) is 0 Å². The topological polar surface area (TPSA) is 111 Å². The maximum absolute atomic E-state index is 14.4. The molecule has 0 bridgehead atoms. The smallest absolute Gasteiger partial charge is 0.427 e. The SMILES string of the molecule is CCOc1ccc(CCn2c3c(c(=O)[nH]c2=O)C(C(F)(F)F)(C(F)(F)F)N=C(c2ccncc2)N3)cc1OCC. The van der Waals surface area contributed by atoms with Crippen molar-refractivity contribution in [3.8, 4) is 11.5 Å². The molecule has 15 heteroatoms. The summed E-state index contributed by atoms with van der Waals surface area (Å²) in [6.45, 7) is 3.77. The molecule has 1 aliphatic heterocycles. The highest BCUT2D eigenvalue weighted by atomic mass is 19.4. The molecular formula is C25H23F6N5O4. The number of halogens is 6. The van der Waals surface area contributed by atoms with Crippen molar-refractivity contribution in [1.82, 2.24) is 14.5 Å². The van der Waals surface area contributed by atoms with E-state index < -0.39 is 52.9 Å². The molecule has 0 saturated carbocycles. The second-order valence-electron chi connectivity index (χ2n) is 8.56. The molecule has 0 radical (unpaired) electrons. The van der Waals surface area contributed by atoms with Gasteiger partial charge in [0.2, 0.25) is 0 Å². The van der Waals surface area contributed by atoms with Crippen molar-refractivity contribution >= 4 is 11.7 Å². The number of benzene rings is 1. The summed E-state index contributed by atoms with van der Waals surface area (Å²) in [5.74, 6) is -1.01. The Morgan fingerprint density at radius 2 is 1.55 bits per heavy atom. The van der Waals surface area contributed by atoms with Gasteiger partial charge in [-0.05, 0) is 50.1 Å². The van der Waals surface area contributed by atoms with Gasteiger partial charge in [0.15, 0.2) is 11.5 Å². The fourth-order valence-corrected chi connectivity index (χ4v) is 4.32. The standard InChI is InChI=1S/C25H23F6N5O4/c1-3-39-16-6-5-14(13-17(16)40-4-2)9-12-36-20-18(21(37)34-22(36)38)23(24(26,27)28,25(29,30)31)35-19(33-20)15-7-10-32-11-8-15/h5-8,10-11,13H,3-4,9,12H2,1-2H3,(H,33,35)(H,34,37,38). The van der Waals surface area contributed by atoms with Gasteiger partial charge in [0.1, 0.15) is 17.2 Å². The molecule has 0 spiro atoms. The molecule has 0 atom stereocenters. The number of anilines is 1. The summed E-state index contributed by atoms with van der Waals surface area (Å²) < 4.78 is 98.1. The Bertz CT molecular complexity index is 1520. The highest BCUT2D eigenvalue weighted by molar-refractivity contribution is 6.09. The average Bonchev–Trinajstić information content (AvgIpc) is 2.88. The molecule has 214 valence electrons. The van der Waals surface area contributed by atoms with Gasteiger partial charge in [-0.3, -0.25) is 19.3 Å². The lowest BCUT2D eigenvalue weighted by atomic mass is 9.87. The van der Waals surface area contributed by atoms with Gasteiger partial charge in [0.25, 0.3) is 11.1 Å². The van der Waals surface area contributed by atoms with Gasteiger partial charge >= 0.3 is 18.0 Å². The summed E-state index contributed by atoms with van der Waals surface area (Å²) in [5.41, 5.74) is -9.45. The van der Waals surface area contributed by atoms with Gasteiger partial charge in [-0.25, -0.2) is 9.79 Å². The summed E-state index contributed by atoms with van der Waals surface area (Å²) in [6.07, 6.45) is -9.94. The van der Waals surface area contributed by atoms with Crippen LogP contribution in [0.25, 0.3) is 0 Å². The Hall–Kier alpha value is -4.30. The van der Waals surface area contributed by atoms with Gasteiger partial charge in [-0.2, -0.15) is 26.3 Å². The number of hydrogen-bond acceptors (Lipinski definition) is 7. The summed E-state index contributed by atoms with van der Waals surface area (Å²) in [6, 6.07) is 7.08. The molecule has 3 heterocycles. The maximum atomic E-state index is 14.4. The van der Waals surface area contributed by atoms with E-state index in [1.54, 1.807) is 37.0 Å². The number of pyridine rings is 1. The Morgan fingerprint density at radius 3 is 2.15 bits per heavy atom. The maximum Gasteiger partial charge on any atom is 0.427 e. The number of aromatic amines is 1. The molecule has 4 rings (SSSR count). The number of nitrogens with zero attached hydrogens (tertiary/aromatic N) is 3. The monoisotopic (exact) mass is 571 g/mol. The number of H-pyrrole nitrogens is 1. The third-order valence-corrected chi connectivity index (χ3v) is 6.08. The number of nitrogens with one attached hydrogen (secondary N) is 2. The zero-order valence-electron chi connectivity index (χ0n) is 21.1. The number of hydrogen-bond donors (Lipinski definition) is 2. The number of amidine groups is 1. The van der Waals surface area contributed by atoms with Crippen molar-refractivity contribution < 1.29 is 35.8 Å². The van der Waals surface area contributed by atoms with Crippen LogP contribution in [0.3, 0.4) is 0 Å². The minimum atomic E-state index is -6.10. The van der Waals surface area contributed by atoms with Crippen LogP contribution in [0.2, 0.25) is 0 Å². The van der Waals surface area contributed by atoms with E-state index in [0.29, 0.717) is 34.8 Å². The van der Waals surface area contributed by atoms with Crippen LogP contribution in [0.15, 0.2) is 57.3 Å². The van der Waals surface area contributed by atoms with Crippen molar-refractivity contribution in [2.75, 3.05) is 18.5 Å². The van der Waals surface area contributed by atoms with E-state index in [1.165, 1.54) is 0 Å². The van der Waals surface area contributed by atoms with Gasteiger partial charge in [0.05, 0.1) is 13.2 Å². The highest BCUT2D eigenvalue weighted by Crippen LogP contribution is 2.55. The van der Waals surface area contributed by atoms with Gasteiger partial charge in [-0.15, -0.1) is 0 Å². The first-order valence-corrected chi connectivity index (χ1v) is 12.0. The Morgan fingerprint density at radius 1 is 0.925 bits per heavy atom. The van der Waals surface area contributed by atoms with Crippen molar-refractivity contribution in [3.05, 3.63) is 80.3 Å². The molecule has 2 N–H and O–H groups in total. The first-order valence-electron chi connectivity index (χ1n) is 12.0. The number of alkyl halides is 6. The lowest BCUT2D eigenvalue weighted by Crippen LogP contribution is -2.59.